The van der Waals surface area contributed by atoms with Gasteiger partial charge >= 0.3 is 0 Å². The molecule has 1 fully saturated rings. The zero-order chi connectivity index (χ0) is 16.5. The minimum absolute atomic E-state index is 0.194. The Morgan fingerprint density at radius 1 is 1.29 bits per heavy atom. The Morgan fingerprint density at radius 2 is 2.21 bits per heavy atom. The number of pyridine rings is 1. The normalized spacial score (nSPS) is 19.6. The standard InChI is InChI=1S/C17H16N6O/c18-6-12-8-20-23(9-12)15-1-3-22(10-15)17-13(7-19)5-14-11-24-4-2-16(14)21-17/h5,8-9,15H,1-4,10-11H2. The Bertz CT molecular complexity index is 859. The van der Waals surface area contributed by atoms with Crippen molar-refractivity contribution in [3.05, 3.63) is 40.8 Å². The molecule has 120 valence electrons. The summed E-state index contributed by atoms with van der Waals surface area (Å²) in [6, 6.07) is 6.47. The van der Waals surface area contributed by atoms with Crippen LogP contribution in [0.4, 0.5) is 5.82 Å². The summed E-state index contributed by atoms with van der Waals surface area (Å²) in [6.07, 6.45) is 5.06. The summed E-state index contributed by atoms with van der Waals surface area (Å²) in [5.74, 6) is 0.758. The highest BCUT2D eigenvalue weighted by Gasteiger charge is 2.28. The Labute approximate surface area is 139 Å². The maximum Gasteiger partial charge on any atom is 0.146 e. The highest BCUT2D eigenvalue weighted by molar-refractivity contribution is 5.57. The van der Waals surface area contributed by atoms with Gasteiger partial charge in [-0.25, -0.2) is 4.98 Å². The zero-order valence-electron chi connectivity index (χ0n) is 13.1. The first-order valence-electron chi connectivity index (χ1n) is 7.98. The molecule has 1 atom stereocenters. The third kappa shape index (κ3) is 2.49. The van der Waals surface area contributed by atoms with Crippen LogP contribution in [0.1, 0.15) is 34.8 Å². The predicted octanol–water partition coefficient (Wildman–Crippen LogP) is 1.55. The number of anilines is 1. The van der Waals surface area contributed by atoms with Gasteiger partial charge in [-0.05, 0) is 12.5 Å². The number of hydrogen-bond acceptors (Lipinski definition) is 6. The van der Waals surface area contributed by atoms with Gasteiger partial charge in [-0.3, -0.25) is 4.68 Å². The average molecular weight is 320 g/mol. The fraction of sp³-hybridized carbons (Fsp3) is 0.412. The quantitative estimate of drug-likeness (QED) is 0.833. The molecule has 2 aliphatic heterocycles. The molecule has 1 unspecified atom stereocenters. The molecule has 24 heavy (non-hydrogen) atoms. The molecule has 4 heterocycles. The third-order valence-corrected chi connectivity index (χ3v) is 4.60. The minimum atomic E-state index is 0.194. The molecule has 0 amide bonds. The van der Waals surface area contributed by atoms with Crippen LogP contribution in [-0.4, -0.2) is 34.5 Å². The van der Waals surface area contributed by atoms with Gasteiger partial charge in [0.25, 0.3) is 0 Å². The van der Waals surface area contributed by atoms with Crippen molar-refractivity contribution in [2.75, 3.05) is 24.6 Å². The zero-order valence-corrected chi connectivity index (χ0v) is 13.1. The van der Waals surface area contributed by atoms with E-state index >= 15 is 0 Å². The predicted molar refractivity (Wildman–Crippen MR) is 85.1 cm³/mol. The van der Waals surface area contributed by atoms with Gasteiger partial charge in [-0.2, -0.15) is 15.6 Å². The highest BCUT2D eigenvalue weighted by atomic mass is 16.5. The molecule has 1 saturated heterocycles. The largest absolute Gasteiger partial charge is 0.376 e. The SMILES string of the molecule is N#Cc1cnn(C2CCN(c3nc4c(cc3C#N)COCC4)C2)c1. The molecule has 0 bridgehead atoms. The molecule has 0 N–H and O–H groups in total. The average Bonchev–Trinajstić information content (AvgIpc) is 3.29. The smallest absolute Gasteiger partial charge is 0.146 e. The van der Waals surface area contributed by atoms with Gasteiger partial charge in [0.1, 0.15) is 18.0 Å². The summed E-state index contributed by atoms with van der Waals surface area (Å²) in [5, 5.41) is 22.7. The second-order valence-electron chi connectivity index (χ2n) is 6.09. The monoisotopic (exact) mass is 320 g/mol. The topological polar surface area (TPSA) is 90.8 Å². The summed E-state index contributed by atoms with van der Waals surface area (Å²) in [4.78, 5) is 6.90. The van der Waals surface area contributed by atoms with Crippen LogP contribution in [0.5, 0.6) is 0 Å². The molecule has 2 aromatic heterocycles. The van der Waals surface area contributed by atoms with E-state index in [1.165, 1.54) is 0 Å². The Morgan fingerprint density at radius 3 is 3.00 bits per heavy atom. The van der Waals surface area contributed by atoms with E-state index in [-0.39, 0.29) is 6.04 Å². The Hall–Kier alpha value is -2.90. The van der Waals surface area contributed by atoms with Crippen molar-refractivity contribution >= 4 is 5.82 Å². The van der Waals surface area contributed by atoms with Gasteiger partial charge in [0.15, 0.2) is 0 Å². The first-order chi connectivity index (χ1) is 11.8. The lowest BCUT2D eigenvalue weighted by Gasteiger charge is -2.23. The van der Waals surface area contributed by atoms with E-state index in [0.717, 1.165) is 43.0 Å². The molecular formula is C17H16N6O. The lowest BCUT2D eigenvalue weighted by molar-refractivity contribution is 0.109. The van der Waals surface area contributed by atoms with Gasteiger partial charge in [0.2, 0.25) is 0 Å². The van der Waals surface area contributed by atoms with Crippen LogP contribution in [0.15, 0.2) is 18.5 Å². The number of ether oxygens (including phenoxy) is 1. The van der Waals surface area contributed by atoms with Gasteiger partial charge in [0.05, 0.1) is 42.3 Å². The molecule has 2 aromatic rings. The first-order valence-corrected chi connectivity index (χ1v) is 7.98. The fourth-order valence-corrected chi connectivity index (χ4v) is 3.34. The molecule has 2 aliphatic rings. The molecular weight excluding hydrogens is 304 g/mol. The molecule has 7 heteroatoms. The lowest BCUT2D eigenvalue weighted by Crippen LogP contribution is -2.25. The maximum atomic E-state index is 9.49. The van der Waals surface area contributed by atoms with E-state index in [0.29, 0.717) is 24.3 Å². The second-order valence-corrected chi connectivity index (χ2v) is 6.09. The maximum absolute atomic E-state index is 9.49. The van der Waals surface area contributed by atoms with Gasteiger partial charge < -0.3 is 9.64 Å². The van der Waals surface area contributed by atoms with Crippen molar-refractivity contribution in [3.63, 3.8) is 0 Å². The van der Waals surface area contributed by atoms with Crippen molar-refractivity contribution < 1.29 is 4.74 Å². The molecule has 4 rings (SSSR count). The molecule has 0 aromatic carbocycles. The number of hydrogen-bond donors (Lipinski definition) is 0. The van der Waals surface area contributed by atoms with Crippen LogP contribution in [0.25, 0.3) is 0 Å². The highest BCUT2D eigenvalue weighted by Crippen LogP contribution is 2.30. The number of fused-ring (bicyclic) bond motifs is 1. The molecule has 7 nitrogen and oxygen atoms in total. The van der Waals surface area contributed by atoms with Crippen molar-refractivity contribution in [2.45, 2.75) is 25.5 Å². The first kappa shape index (κ1) is 14.7. The Balaban J connectivity index is 1.60. The van der Waals surface area contributed by atoms with Crippen LogP contribution in [-0.2, 0) is 17.8 Å². The second kappa shape index (κ2) is 5.95. The number of rotatable bonds is 2. The third-order valence-electron chi connectivity index (χ3n) is 4.60. The molecule has 0 spiro atoms. The summed E-state index contributed by atoms with van der Waals surface area (Å²) in [6.45, 7) is 2.77. The van der Waals surface area contributed by atoms with Crippen molar-refractivity contribution in [1.82, 2.24) is 14.8 Å². The van der Waals surface area contributed by atoms with E-state index in [9.17, 15) is 5.26 Å². The van der Waals surface area contributed by atoms with Crippen molar-refractivity contribution in [1.29, 1.82) is 10.5 Å². The van der Waals surface area contributed by atoms with Crippen LogP contribution in [0, 0.1) is 22.7 Å². The number of aromatic nitrogens is 3. The summed E-state index contributed by atoms with van der Waals surface area (Å²) in [7, 11) is 0. The van der Waals surface area contributed by atoms with E-state index < -0.39 is 0 Å². The van der Waals surface area contributed by atoms with Gasteiger partial charge in [-0.1, -0.05) is 0 Å². The molecule has 0 aliphatic carbocycles. The van der Waals surface area contributed by atoms with Crippen LogP contribution < -0.4 is 4.90 Å². The van der Waals surface area contributed by atoms with Crippen LogP contribution in [0.2, 0.25) is 0 Å². The van der Waals surface area contributed by atoms with E-state index in [1.807, 2.05) is 10.7 Å². The summed E-state index contributed by atoms with van der Waals surface area (Å²) in [5.41, 5.74) is 3.21. The van der Waals surface area contributed by atoms with E-state index in [2.05, 4.69) is 22.1 Å². The van der Waals surface area contributed by atoms with Crippen LogP contribution >= 0.6 is 0 Å². The van der Waals surface area contributed by atoms with Crippen LogP contribution in [0.3, 0.4) is 0 Å². The Kier molecular flexibility index (Phi) is 3.64. The minimum Gasteiger partial charge on any atom is -0.376 e. The molecule has 0 saturated carbocycles. The van der Waals surface area contributed by atoms with E-state index in [4.69, 9.17) is 15.0 Å². The van der Waals surface area contributed by atoms with Crippen molar-refractivity contribution in [2.24, 2.45) is 0 Å². The van der Waals surface area contributed by atoms with E-state index in [1.54, 1.807) is 12.4 Å². The summed E-state index contributed by atoms with van der Waals surface area (Å²) >= 11 is 0. The molecule has 0 radical (unpaired) electrons. The lowest BCUT2D eigenvalue weighted by atomic mass is 10.1. The van der Waals surface area contributed by atoms with Crippen molar-refractivity contribution in [3.8, 4) is 12.1 Å². The fourth-order valence-electron chi connectivity index (χ4n) is 3.34. The van der Waals surface area contributed by atoms with Gasteiger partial charge in [-0.15, -0.1) is 0 Å². The summed E-state index contributed by atoms with van der Waals surface area (Å²) < 4.78 is 7.29. The number of nitriles is 2. The number of nitrogens with zero attached hydrogens (tertiary/aromatic N) is 6. The van der Waals surface area contributed by atoms with Gasteiger partial charge in [0, 0.05) is 31.3 Å².